The molecule has 2 aromatic carbocycles. The molecule has 0 bridgehead atoms. The number of anilines is 1. The van der Waals surface area contributed by atoms with Gasteiger partial charge in [-0.3, -0.25) is 9.59 Å². The van der Waals surface area contributed by atoms with E-state index in [1.54, 1.807) is 11.3 Å². The van der Waals surface area contributed by atoms with Crippen molar-refractivity contribution >= 4 is 34.5 Å². The summed E-state index contributed by atoms with van der Waals surface area (Å²) in [7, 11) is 0. The van der Waals surface area contributed by atoms with Gasteiger partial charge in [-0.2, -0.15) is 0 Å². The largest absolute Gasteiger partial charge is 0.494 e. The third-order valence-electron chi connectivity index (χ3n) is 6.62. The van der Waals surface area contributed by atoms with E-state index in [1.807, 2.05) is 54.8 Å². The van der Waals surface area contributed by atoms with E-state index in [2.05, 4.69) is 47.6 Å². The van der Waals surface area contributed by atoms with Crippen LogP contribution < -0.4 is 15.4 Å². The average Bonchev–Trinajstić information content (AvgIpc) is 3.49. The van der Waals surface area contributed by atoms with Gasteiger partial charge in [-0.15, -0.1) is 11.3 Å². The van der Waals surface area contributed by atoms with E-state index in [0.717, 1.165) is 46.7 Å². The first-order chi connectivity index (χ1) is 19.4. The normalized spacial score (nSPS) is 15.5. The van der Waals surface area contributed by atoms with Gasteiger partial charge < -0.3 is 20.1 Å². The summed E-state index contributed by atoms with van der Waals surface area (Å²) >= 11 is 1.65. The number of carbonyl (C=O) groups is 2. The minimum Gasteiger partial charge on any atom is -0.494 e. The van der Waals surface area contributed by atoms with Crippen LogP contribution in [0, 0.1) is 5.92 Å². The number of nitrogens with one attached hydrogen (secondary N) is 2. The predicted octanol–water partition coefficient (Wildman–Crippen LogP) is 7.80. The molecule has 40 heavy (non-hydrogen) atoms. The highest BCUT2D eigenvalue weighted by molar-refractivity contribution is 7.09. The number of carbonyl (C=O) groups excluding carboxylic acids is 2. The van der Waals surface area contributed by atoms with E-state index >= 15 is 0 Å². The van der Waals surface area contributed by atoms with Crippen LogP contribution in [0.5, 0.6) is 5.75 Å². The smallest absolute Gasteiger partial charge is 0.302 e. The number of hydrogen-bond acceptors (Lipinski definition) is 6. The Balaban J connectivity index is 0.000000559. The van der Waals surface area contributed by atoms with Crippen LogP contribution in [0.1, 0.15) is 72.4 Å². The standard InChI is InChI=1S/C28H32N2O2S.C5H8O2/c1-4-6-9-24-19(3)25-17-21(28(31)29-18-23-8-7-16-33-23)12-15-26(25)30-27(24)20-10-13-22(14-11-20)32-5-2;1-3-4-7-5(2)6/h7-8,10-17,24,27,30H,3-6,9,18H2,1-2H3,(H,29,31);3H,1,4H2,2H3. The second-order valence-corrected chi connectivity index (χ2v) is 10.5. The summed E-state index contributed by atoms with van der Waals surface area (Å²) in [6, 6.07) is 18.4. The molecule has 0 radical (unpaired) electrons. The van der Waals surface area contributed by atoms with Crippen molar-refractivity contribution in [3.63, 3.8) is 0 Å². The van der Waals surface area contributed by atoms with Crippen molar-refractivity contribution in [1.29, 1.82) is 0 Å². The molecule has 0 saturated heterocycles. The minimum atomic E-state index is -0.264. The Hall–Kier alpha value is -3.84. The molecule has 0 saturated carbocycles. The lowest BCUT2D eigenvalue weighted by molar-refractivity contribution is -0.139. The molecular weight excluding hydrogens is 520 g/mol. The molecule has 0 fully saturated rings. The molecule has 2 heterocycles. The molecule has 4 rings (SSSR count). The molecule has 6 nitrogen and oxygen atoms in total. The van der Waals surface area contributed by atoms with Crippen molar-refractivity contribution < 1.29 is 19.1 Å². The van der Waals surface area contributed by atoms with Crippen LogP contribution >= 0.6 is 11.3 Å². The zero-order chi connectivity index (χ0) is 28.9. The molecular formula is C33H40N2O4S. The van der Waals surface area contributed by atoms with Crippen LogP contribution in [0.3, 0.4) is 0 Å². The fourth-order valence-corrected chi connectivity index (χ4v) is 5.27. The lowest BCUT2D eigenvalue weighted by Crippen LogP contribution is -2.28. The second-order valence-electron chi connectivity index (χ2n) is 9.51. The topological polar surface area (TPSA) is 76.7 Å². The molecule has 7 heteroatoms. The molecule has 0 spiro atoms. The molecule has 2 unspecified atom stereocenters. The van der Waals surface area contributed by atoms with Gasteiger partial charge in [0.15, 0.2) is 0 Å². The fourth-order valence-electron chi connectivity index (χ4n) is 4.62. The molecule has 1 aliphatic heterocycles. The third kappa shape index (κ3) is 8.58. The second kappa shape index (κ2) is 15.7. The van der Waals surface area contributed by atoms with Crippen molar-refractivity contribution in [2.45, 2.75) is 52.6 Å². The molecule has 1 aromatic heterocycles. The van der Waals surface area contributed by atoms with Gasteiger partial charge in [0.1, 0.15) is 12.4 Å². The van der Waals surface area contributed by atoms with Crippen LogP contribution in [0.2, 0.25) is 0 Å². The van der Waals surface area contributed by atoms with Crippen molar-refractivity contribution in [2.24, 2.45) is 5.92 Å². The molecule has 212 valence electrons. The van der Waals surface area contributed by atoms with Gasteiger partial charge in [0.05, 0.1) is 19.2 Å². The van der Waals surface area contributed by atoms with E-state index < -0.39 is 0 Å². The number of rotatable bonds is 11. The van der Waals surface area contributed by atoms with Gasteiger partial charge in [0.25, 0.3) is 5.91 Å². The van der Waals surface area contributed by atoms with Crippen LogP contribution in [-0.4, -0.2) is 25.1 Å². The van der Waals surface area contributed by atoms with Crippen LogP contribution in [-0.2, 0) is 16.1 Å². The Morgan fingerprint density at radius 2 is 1.90 bits per heavy atom. The van der Waals surface area contributed by atoms with E-state index in [0.29, 0.717) is 25.3 Å². The van der Waals surface area contributed by atoms with Gasteiger partial charge in [0.2, 0.25) is 0 Å². The highest BCUT2D eigenvalue weighted by Gasteiger charge is 2.32. The molecule has 2 atom stereocenters. The molecule has 3 aromatic rings. The van der Waals surface area contributed by atoms with Gasteiger partial charge in [-0.25, -0.2) is 0 Å². The number of fused-ring (bicyclic) bond motifs is 1. The van der Waals surface area contributed by atoms with Gasteiger partial charge in [0, 0.05) is 34.5 Å². The van der Waals surface area contributed by atoms with E-state index in [1.165, 1.54) is 18.6 Å². The Morgan fingerprint density at radius 3 is 2.50 bits per heavy atom. The zero-order valence-electron chi connectivity index (χ0n) is 23.7. The maximum absolute atomic E-state index is 12.8. The Kier molecular flexibility index (Phi) is 12.0. The molecule has 0 aliphatic carbocycles. The molecule has 1 aliphatic rings. The number of ether oxygens (including phenoxy) is 2. The Labute approximate surface area is 242 Å². The van der Waals surface area contributed by atoms with Crippen molar-refractivity contribution in [3.8, 4) is 5.75 Å². The van der Waals surface area contributed by atoms with E-state index in [9.17, 15) is 9.59 Å². The van der Waals surface area contributed by atoms with Crippen molar-refractivity contribution in [1.82, 2.24) is 5.32 Å². The maximum atomic E-state index is 12.8. The minimum absolute atomic E-state index is 0.0576. The summed E-state index contributed by atoms with van der Waals surface area (Å²) in [5, 5.41) is 8.79. The van der Waals surface area contributed by atoms with Crippen LogP contribution in [0.25, 0.3) is 5.57 Å². The lowest BCUT2D eigenvalue weighted by Gasteiger charge is -2.37. The monoisotopic (exact) mass is 560 g/mol. The summed E-state index contributed by atoms with van der Waals surface area (Å²) in [4.78, 5) is 23.9. The first kappa shape index (κ1) is 30.7. The SMILES string of the molecule is C=C1c2cc(C(=O)NCc3cccs3)ccc2NC(c2ccc(OCC)cc2)C1CCCC.C=CCOC(C)=O. The number of amides is 1. The van der Waals surface area contributed by atoms with Crippen molar-refractivity contribution in [2.75, 3.05) is 18.5 Å². The first-order valence-corrected chi connectivity index (χ1v) is 14.6. The quantitative estimate of drug-likeness (QED) is 0.185. The summed E-state index contributed by atoms with van der Waals surface area (Å²) in [5.41, 5.74) is 5.07. The summed E-state index contributed by atoms with van der Waals surface area (Å²) in [5.74, 6) is 0.831. The molecule has 2 N–H and O–H groups in total. The Morgan fingerprint density at radius 1 is 1.12 bits per heavy atom. The number of unbranched alkanes of at least 4 members (excludes halogenated alkanes) is 1. The Bertz CT molecular complexity index is 1270. The van der Waals surface area contributed by atoms with E-state index in [-0.39, 0.29) is 23.8 Å². The molecule has 1 amide bonds. The van der Waals surface area contributed by atoms with Gasteiger partial charge in [-0.05, 0) is 66.3 Å². The maximum Gasteiger partial charge on any atom is 0.302 e. The highest BCUT2D eigenvalue weighted by Crippen LogP contribution is 2.46. The highest BCUT2D eigenvalue weighted by atomic mass is 32.1. The summed E-state index contributed by atoms with van der Waals surface area (Å²) < 4.78 is 10.1. The summed E-state index contributed by atoms with van der Waals surface area (Å²) in [6.45, 7) is 15.0. The van der Waals surface area contributed by atoms with Gasteiger partial charge >= 0.3 is 5.97 Å². The number of hydrogen-bond donors (Lipinski definition) is 2. The first-order valence-electron chi connectivity index (χ1n) is 13.7. The van der Waals surface area contributed by atoms with Crippen LogP contribution in [0.4, 0.5) is 5.69 Å². The zero-order valence-corrected chi connectivity index (χ0v) is 24.5. The summed E-state index contributed by atoms with van der Waals surface area (Å²) in [6.07, 6.45) is 4.85. The lowest BCUT2D eigenvalue weighted by atomic mass is 9.77. The third-order valence-corrected chi connectivity index (χ3v) is 7.49. The average molecular weight is 561 g/mol. The van der Waals surface area contributed by atoms with E-state index in [4.69, 9.17) is 4.74 Å². The number of esters is 1. The predicted molar refractivity (Wildman–Crippen MR) is 165 cm³/mol. The fraction of sp³-hybridized carbons (Fsp3) is 0.333. The van der Waals surface area contributed by atoms with Gasteiger partial charge in [-0.1, -0.05) is 57.2 Å². The number of benzene rings is 2. The van der Waals surface area contributed by atoms with Crippen LogP contribution in [0.15, 0.2) is 79.2 Å². The number of thiophene rings is 1. The van der Waals surface area contributed by atoms with Crippen molar-refractivity contribution in [3.05, 3.63) is 101 Å².